The van der Waals surface area contributed by atoms with Crippen molar-refractivity contribution in [2.45, 2.75) is 27.1 Å². The van der Waals surface area contributed by atoms with Gasteiger partial charge in [0, 0.05) is 6.20 Å². The van der Waals surface area contributed by atoms with Crippen LogP contribution >= 0.6 is 0 Å². The van der Waals surface area contributed by atoms with E-state index in [0.717, 1.165) is 0 Å². The number of rotatable bonds is 6. The van der Waals surface area contributed by atoms with Crippen LogP contribution in [0.25, 0.3) is 0 Å². The van der Waals surface area contributed by atoms with E-state index < -0.39 is 4.92 Å². The second-order valence-electron chi connectivity index (χ2n) is 5.42. The Labute approximate surface area is 142 Å². The van der Waals surface area contributed by atoms with E-state index >= 15 is 0 Å². The van der Waals surface area contributed by atoms with Gasteiger partial charge in [-0.05, 0) is 32.0 Å². The average Bonchev–Trinajstić information content (AvgIpc) is 3.27. The van der Waals surface area contributed by atoms with Gasteiger partial charge in [0.25, 0.3) is 5.91 Å². The first-order chi connectivity index (χ1) is 12.0. The minimum Gasteiger partial charge on any atom is -0.467 e. The van der Waals surface area contributed by atoms with Crippen molar-refractivity contribution in [3.8, 4) is 0 Å². The molecule has 25 heavy (non-hydrogen) atoms. The number of nitro groups is 1. The smallest absolute Gasteiger partial charge is 0.312 e. The molecule has 0 atom stereocenters. The summed E-state index contributed by atoms with van der Waals surface area (Å²) >= 11 is 0. The molecule has 0 saturated heterocycles. The lowest BCUT2D eigenvalue weighted by Gasteiger charge is -2.04. The van der Waals surface area contributed by atoms with Crippen LogP contribution < -0.4 is 5.32 Å². The summed E-state index contributed by atoms with van der Waals surface area (Å²) in [4.78, 5) is 22.7. The first-order valence-corrected chi connectivity index (χ1v) is 7.48. The second kappa shape index (κ2) is 6.59. The fourth-order valence-electron chi connectivity index (χ4n) is 2.46. The van der Waals surface area contributed by atoms with Crippen molar-refractivity contribution in [3.05, 3.63) is 63.6 Å². The molecule has 0 bridgehead atoms. The van der Waals surface area contributed by atoms with Crippen LogP contribution in [0.2, 0.25) is 0 Å². The number of aryl methyl sites for hydroxylation is 1. The van der Waals surface area contributed by atoms with Crippen LogP contribution in [-0.4, -0.2) is 30.4 Å². The van der Waals surface area contributed by atoms with E-state index in [1.165, 1.54) is 15.6 Å². The Morgan fingerprint density at radius 2 is 2.16 bits per heavy atom. The molecule has 0 aliphatic heterocycles. The Kier molecular flexibility index (Phi) is 4.33. The van der Waals surface area contributed by atoms with Crippen LogP contribution in [0.15, 0.2) is 35.1 Å². The highest BCUT2D eigenvalue weighted by Crippen LogP contribution is 2.21. The molecule has 1 amide bonds. The van der Waals surface area contributed by atoms with Crippen LogP contribution in [0.5, 0.6) is 0 Å². The van der Waals surface area contributed by atoms with Gasteiger partial charge < -0.3 is 9.73 Å². The fourth-order valence-corrected chi connectivity index (χ4v) is 2.46. The normalized spacial score (nSPS) is 10.8. The maximum absolute atomic E-state index is 12.1. The quantitative estimate of drug-likeness (QED) is 0.536. The number of aromatic nitrogens is 4. The summed E-state index contributed by atoms with van der Waals surface area (Å²) in [6.45, 7) is 3.64. The summed E-state index contributed by atoms with van der Waals surface area (Å²) in [5.74, 6) is 0.303. The molecule has 10 nitrogen and oxygen atoms in total. The lowest BCUT2D eigenvalue weighted by atomic mass is 10.3. The highest BCUT2D eigenvalue weighted by molar-refractivity contribution is 5.92. The molecule has 3 heterocycles. The molecule has 0 unspecified atom stereocenters. The molecule has 0 aliphatic rings. The number of amides is 1. The van der Waals surface area contributed by atoms with E-state index in [2.05, 4.69) is 15.5 Å². The topological polar surface area (TPSA) is 121 Å². The average molecular weight is 344 g/mol. The number of carbonyl (C=O) groups is 1. The van der Waals surface area contributed by atoms with Gasteiger partial charge in [0.1, 0.15) is 29.5 Å². The molecule has 10 heteroatoms. The minimum atomic E-state index is -0.454. The molecule has 130 valence electrons. The first kappa shape index (κ1) is 16.4. The summed E-state index contributed by atoms with van der Waals surface area (Å²) in [6.07, 6.45) is 3.15. The van der Waals surface area contributed by atoms with Gasteiger partial charge in [-0.1, -0.05) is 0 Å². The zero-order valence-electron chi connectivity index (χ0n) is 13.7. The van der Waals surface area contributed by atoms with Crippen molar-refractivity contribution in [2.75, 3.05) is 0 Å². The van der Waals surface area contributed by atoms with Gasteiger partial charge >= 0.3 is 5.69 Å². The second-order valence-corrected chi connectivity index (χ2v) is 5.42. The van der Waals surface area contributed by atoms with Gasteiger partial charge in [-0.25, -0.2) is 4.68 Å². The van der Waals surface area contributed by atoms with Gasteiger partial charge in [-0.15, -0.1) is 0 Å². The van der Waals surface area contributed by atoms with Gasteiger partial charge in [-0.3, -0.25) is 19.6 Å². The highest BCUT2D eigenvalue weighted by atomic mass is 16.6. The maximum Gasteiger partial charge on any atom is 0.312 e. The zero-order chi connectivity index (χ0) is 18.0. The maximum atomic E-state index is 12.1. The van der Waals surface area contributed by atoms with E-state index in [9.17, 15) is 14.9 Å². The highest BCUT2D eigenvalue weighted by Gasteiger charge is 2.22. The number of furan rings is 1. The largest absolute Gasteiger partial charge is 0.467 e. The lowest BCUT2D eigenvalue weighted by molar-refractivity contribution is -0.386. The molecule has 0 radical (unpaired) electrons. The molecule has 3 aromatic rings. The summed E-state index contributed by atoms with van der Waals surface area (Å²) in [7, 11) is 0. The SMILES string of the molecule is Cc1nn(Cn2ccc(C(=O)NCc3ccco3)n2)c(C)c1[N+](=O)[O-]. The van der Waals surface area contributed by atoms with E-state index in [1.54, 1.807) is 38.2 Å². The standard InChI is InChI=1S/C15H16N6O4/c1-10-14(21(23)24)11(2)20(17-10)9-19-6-5-13(18-19)15(22)16-8-12-4-3-7-25-12/h3-7H,8-9H2,1-2H3,(H,16,22). The number of nitrogens with zero attached hydrogens (tertiary/aromatic N) is 5. The Balaban J connectivity index is 1.68. The van der Waals surface area contributed by atoms with E-state index in [4.69, 9.17) is 4.42 Å². The summed E-state index contributed by atoms with van der Waals surface area (Å²) in [6, 6.07) is 5.07. The predicted octanol–water partition coefficient (Wildman–Crippen LogP) is 1.63. The van der Waals surface area contributed by atoms with Gasteiger partial charge in [-0.2, -0.15) is 10.2 Å². The summed E-state index contributed by atoms with van der Waals surface area (Å²) in [5.41, 5.74) is 0.999. The molecule has 1 N–H and O–H groups in total. The number of nitrogens with one attached hydrogen (secondary N) is 1. The van der Waals surface area contributed by atoms with Crippen LogP contribution in [-0.2, 0) is 13.2 Å². The van der Waals surface area contributed by atoms with Crippen LogP contribution in [0.4, 0.5) is 5.69 Å². The third-order valence-electron chi connectivity index (χ3n) is 3.68. The Hall–Kier alpha value is -3.43. The Bertz CT molecular complexity index is 909. The zero-order valence-corrected chi connectivity index (χ0v) is 13.7. The van der Waals surface area contributed by atoms with Gasteiger partial charge in [0.05, 0.1) is 17.7 Å². The molecule has 0 fully saturated rings. The lowest BCUT2D eigenvalue weighted by Crippen LogP contribution is -2.23. The third kappa shape index (κ3) is 3.42. The molecule has 0 spiro atoms. The fraction of sp³-hybridized carbons (Fsp3) is 0.267. The van der Waals surface area contributed by atoms with Crippen molar-refractivity contribution in [1.29, 1.82) is 0 Å². The molecule has 3 rings (SSSR count). The third-order valence-corrected chi connectivity index (χ3v) is 3.68. The van der Waals surface area contributed by atoms with E-state index in [0.29, 0.717) is 17.1 Å². The monoisotopic (exact) mass is 344 g/mol. The Morgan fingerprint density at radius 3 is 2.80 bits per heavy atom. The van der Waals surface area contributed by atoms with Crippen molar-refractivity contribution in [1.82, 2.24) is 24.9 Å². The van der Waals surface area contributed by atoms with E-state index in [1.807, 2.05) is 0 Å². The summed E-state index contributed by atoms with van der Waals surface area (Å²) in [5, 5.41) is 22.1. The Morgan fingerprint density at radius 1 is 1.36 bits per heavy atom. The molecule has 0 aromatic carbocycles. The van der Waals surface area contributed by atoms with Gasteiger partial charge in [0.15, 0.2) is 0 Å². The number of hydrogen-bond acceptors (Lipinski definition) is 6. The minimum absolute atomic E-state index is 0.0106. The van der Waals surface area contributed by atoms with Crippen LogP contribution in [0.1, 0.15) is 27.6 Å². The van der Waals surface area contributed by atoms with E-state index in [-0.39, 0.29) is 30.5 Å². The first-order valence-electron chi connectivity index (χ1n) is 7.48. The molecule has 3 aromatic heterocycles. The number of hydrogen-bond donors (Lipinski definition) is 1. The van der Waals surface area contributed by atoms with Crippen molar-refractivity contribution >= 4 is 11.6 Å². The van der Waals surface area contributed by atoms with Gasteiger partial charge in [0.2, 0.25) is 0 Å². The molecular weight excluding hydrogens is 328 g/mol. The molecule has 0 saturated carbocycles. The van der Waals surface area contributed by atoms with Crippen LogP contribution in [0, 0.1) is 24.0 Å². The van der Waals surface area contributed by atoms with Crippen molar-refractivity contribution in [2.24, 2.45) is 0 Å². The number of carbonyl (C=O) groups excluding carboxylic acids is 1. The molecule has 0 aliphatic carbocycles. The van der Waals surface area contributed by atoms with Crippen molar-refractivity contribution < 1.29 is 14.1 Å². The van der Waals surface area contributed by atoms with Crippen molar-refractivity contribution in [3.63, 3.8) is 0 Å². The summed E-state index contributed by atoms with van der Waals surface area (Å²) < 4.78 is 8.11. The van der Waals surface area contributed by atoms with Crippen LogP contribution in [0.3, 0.4) is 0 Å². The molecular formula is C15H16N6O4. The predicted molar refractivity (Wildman–Crippen MR) is 85.9 cm³/mol.